The quantitative estimate of drug-likeness (QED) is 0.113. The summed E-state index contributed by atoms with van der Waals surface area (Å²) in [7, 11) is 0. The number of carbonyl (C=O) groups excluding carboxylic acids is 3. The number of hydrogen-bond acceptors (Lipinski definition) is 6. The smallest absolute Gasteiger partial charge is 0.355 e. The van der Waals surface area contributed by atoms with E-state index in [4.69, 9.17) is 27.9 Å². The van der Waals surface area contributed by atoms with Gasteiger partial charge in [-0.15, -0.1) is 11.3 Å². The van der Waals surface area contributed by atoms with Gasteiger partial charge >= 0.3 is 17.8 Å². The number of rotatable bonds is 5. The van der Waals surface area contributed by atoms with Gasteiger partial charge in [-0.3, -0.25) is 9.59 Å². The first kappa shape index (κ1) is 24.4. The predicted molar refractivity (Wildman–Crippen MR) is 139 cm³/mol. The summed E-state index contributed by atoms with van der Waals surface area (Å²) in [5, 5.41) is 7.86. The molecule has 0 bridgehead atoms. The van der Waals surface area contributed by atoms with Crippen LogP contribution in [0.25, 0.3) is 10.1 Å². The number of amides is 2. The average molecular weight is 526 g/mol. The first-order valence-corrected chi connectivity index (χ1v) is 11.8. The third-order valence-electron chi connectivity index (χ3n) is 4.83. The highest BCUT2D eigenvalue weighted by Crippen LogP contribution is 2.35. The van der Waals surface area contributed by atoms with Gasteiger partial charge in [0.2, 0.25) is 0 Å². The van der Waals surface area contributed by atoms with Gasteiger partial charge in [-0.2, -0.15) is 5.10 Å². The maximum Gasteiger partial charge on any atom is 0.355 e. The fraction of sp³-hybridized carbons (Fsp3) is 0.0400. The van der Waals surface area contributed by atoms with Crippen LogP contribution in [-0.2, 0) is 9.59 Å². The van der Waals surface area contributed by atoms with Crippen molar-refractivity contribution in [3.63, 3.8) is 0 Å². The van der Waals surface area contributed by atoms with Crippen LogP contribution >= 0.6 is 34.5 Å². The Morgan fingerprint density at radius 2 is 1.71 bits per heavy atom. The summed E-state index contributed by atoms with van der Waals surface area (Å²) < 4.78 is 6.32. The Balaban J connectivity index is 1.32. The van der Waals surface area contributed by atoms with Crippen LogP contribution in [0.1, 0.15) is 20.8 Å². The minimum absolute atomic E-state index is 0.320. The van der Waals surface area contributed by atoms with Crippen molar-refractivity contribution >= 4 is 74.3 Å². The SMILES string of the molecule is Cc1ccc(NC(=O)C(=O)NN=Cc2ccc(OC(=O)c3sc4ccccc4c3Cl)cc2)cc1Cl. The average Bonchev–Trinajstić information content (AvgIpc) is 3.19. The minimum atomic E-state index is -0.941. The standard InChI is InChI=1S/C25H17Cl2N3O4S/c1-14-6-9-16(12-19(14)26)29-23(31)24(32)30-28-13-15-7-10-17(11-8-15)34-25(33)22-21(27)18-4-2-3-5-20(18)35-22/h2-13H,1H3,(H,29,31)(H,30,32). The van der Waals surface area contributed by atoms with E-state index in [0.717, 1.165) is 15.6 Å². The zero-order chi connectivity index (χ0) is 24.9. The molecule has 0 atom stereocenters. The molecule has 4 aromatic rings. The van der Waals surface area contributed by atoms with Gasteiger partial charge in [0, 0.05) is 20.8 Å². The second-order valence-corrected chi connectivity index (χ2v) is 9.15. The van der Waals surface area contributed by atoms with Crippen molar-refractivity contribution in [2.24, 2.45) is 5.10 Å². The van der Waals surface area contributed by atoms with Crippen LogP contribution in [0.3, 0.4) is 0 Å². The summed E-state index contributed by atoms with van der Waals surface area (Å²) in [6.45, 7) is 1.83. The maximum absolute atomic E-state index is 12.6. The van der Waals surface area contributed by atoms with Crippen LogP contribution in [0.2, 0.25) is 10.0 Å². The second kappa shape index (κ2) is 10.7. The lowest BCUT2D eigenvalue weighted by atomic mass is 10.2. The highest BCUT2D eigenvalue weighted by atomic mass is 35.5. The number of benzene rings is 3. The summed E-state index contributed by atoms with van der Waals surface area (Å²) in [5.41, 5.74) is 4.00. The van der Waals surface area contributed by atoms with E-state index in [-0.39, 0.29) is 0 Å². The fourth-order valence-corrected chi connectivity index (χ4v) is 4.56. The number of fused-ring (bicyclic) bond motifs is 1. The van der Waals surface area contributed by atoms with E-state index in [0.29, 0.717) is 31.9 Å². The van der Waals surface area contributed by atoms with E-state index < -0.39 is 17.8 Å². The zero-order valence-electron chi connectivity index (χ0n) is 18.2. The Labute approximate surface area is 214 Å². The molecule has 0 fully saturated rings. The van der Waals surface area contributed by atoms with Gasteiger partial charge in [-0.05, 0) is 60.5 Å². The van der Waals surface area contributed by atoms with Crippen LogP contribution in [0.4, 0.5) is 5.69 Å². The summed E-state index contributed by atoms with van der Waals surface area (Å²) in [5.74, 6) is -2.06. The number of ether oxygens (including phenoxy) is 1. The Kier molecular flexibility index (Phi) is 7.45. The van der Waals surface area contributed by atoms with Crippen LogP contribution in [-0.4, -0.2) is 24.0 Å². The largest absolute Gasteiger partial charge is 0.422 e. The molecular formula is C25H17Cl2N3O4S. The molecule has 7 nitrogen and oxygen atoms in total. The molecule has 0 saturated heterocycles. The van der Waals surface area contributed by atoms with Crippen LogP contribution in [0.15, 0.2) is 71.8 Å². The molecule has 0 unspecified atom stereocenters. The first-order chi connectivity index (χ1) is 16.8. The van der Waals surface area contributed by atoms with Crippen molar-refractivity contribution in [3.8, 4) is 5.75 Å². The van der Waals surface area contributed by atoms with Gasteiger partial charge in [0.15, 0.2) is 0 Å². The summed E-state index contributed by atoms with van der Waals surface area (Å²) >= 11 is 13.6. The number of halogens is 2. The molecule has 176 valence electrons. The number of thiophene rings is 1. The van der Waals surface area contributed by atoms with Gasteiger partial charge in [0.1, 0.15) is 10.6 Å². The minimum Gasteiger partial charge on any atom is -0.422 e. The van der Waals surface area contributed by atoms with E-state index in [1.165, 1.54) is 17.6 Å². The van der Waals surface area contributed by atoms with E-state index in [9.17, 15) is 14.4 Å². The Morgan fingerprint density at radius 1 is 0.971 bits per heavy atom. The van der Waals surface area contributed by atoms with Crippen molar-refractivity contribution in [1.29, 1.82) is 0 Å². The Morgan fingerprint density at radius 3 is 2.43 bits per heavy atom. The van der Waals surface area contributed by atoms with Crippen molar-refractivity contribution in [2.45, 2.75) is 6.92 Å². The van der Waals surface area contributed by atoms with Gasteiger partial charge in [0.25, 0.3) is 0 Å². The van der Waals surface area contributed by atoms with Crippen LogP contribution < -0.4 is 15.5 Å². The Hall–Kier alpha value is -3.72. The lowest BCUT2D eigenvalue weighted by Gasteiger charge is -2.06. The molecule has 0 aliphatic rings. The number of hydrogen-bond donors (Lipinski definition) is 2. The number of nitrogens with zero attached hydrogens (tertiary/aromatic N) is 1. The molecule has 2 N–H and O–H groups in total. The maximum atomic E-state index is 12.6. The predicted octanol–water partition coefficient (Wildman–Crippen LogP) is 5.82. The molecule has 0 aliphatic heterocycles. The lowest BCUT2D eigenvalue weighted by Crippen LogP contribution is -2.32. The number of hydrazone groups is 1. The summed E-state index contributed by atoms with van der Waals surface area (Å²) in [4.78, 5) is 36.8. The molecule has 0 aliphatic carbocycles. The molecule has 10 heteroatoms. The lowest BCUT2D eigenvalue weighted by molar-refractivity contribution is -0.136. The van der Waals surface area contributed by atoms with E-state index in [2.05, 4.69) is 15.8 Å². The molecule has 1 heterocycles. The zero-order valence-corrected chi connectivity index (χ0v) is 20.5. The molecule has 3 aromatic carbocycles. The molecule has 0 spiro atoms. The summed E-state index contributed by atoms with van der Waals surface area (Å²) in [6, 6.07) is 18.8. The molecule has 4 rings (SSSR count). The highest BCUT2D eigenvalue weighted by Gasteiger charge is 2.19. The second-order valence-electron chi connectivity index (χ2n) is 7.32. The number of aryl methyl sites for hydroxylation is 1. The third kappa shape index (κ3) is 5.86. The topological polar surface area (TPSA) is 96.9 Å². The number of carbonyl (C=O) groups is 3. The highest BCUT2D eigenvalue weighted by molar-refractivity contribution is 7.21. The first-order valence-electron chi connectivity index (χ1n) is 10.2. The number of anilines is 1. The molecular weight excluding hydrogens is 509 g/mol. The summed E-state index contributed by atoms with van der Waals surface area (Å²) in [6.07, 6.45) is 1.35. The van der Waals surface area contributed by atoms with Gasteiger partial charge in [-0.1, -0.05) is 47.5 Å². The fourth-order valence-electron chi connectivity index (χ4n) is 3.00. The normalized spacial score (nSPS) is 10.9. The van der Waals surface area contributed by atoms with E-state index >= 15 is 0 Å². The van der Waals surface area contributed by atoms with Crippen LogP contribution in [0, 0.1) is 6.92 Å². The van der Waals surface area contributed by atoms with Crippen molar-refractivity contribution < 1.29 is 19.1 Å². The van der Waals surface area contributed by atoms with E-state index in [1.807, 2.05) is 31.2 Å². The number of nitrogens with one attached hydrogen (secondary N) is 2. The van der Waals surface area contributed by atoms with E-state index in [1.54, 1.807) is 42.5 Å². The van der Waals surface area contributed by atoms with Gasteiger partial charge in [-0.25, -0.2) is 10.2 Å². The van der Waals surface area contributed by atoms with Crippen molar-refractivity contribution in [2.75, 3.05) is 5.32 Å². The van der Waals surface area contributed by atoms with Crippen LogP contribution in [0.5, 0.6) is 5.75 Å². The third-order valence-corrected chi connectivity index (χ3v) is 6.89. The molecule has 0 saturated carbocycles. The van der Waals surface area contributed by atoms with Crippen molar-refractivity contribution in [3.05, 3.63) is 92.8 Å². The number of esters is 1. The molecule has 35 heavy (non-hydrogen) atoms. The van der Waals surface area contributed by atoms with Crippen molar-refractivity contribution in [1.82, 2.24) is 5.43 Å². The van der Waals surface area contributed by atoms with Gasteiger partial charge < -0.3 is 10.1 Å². The Bertz CT molecular complexity index is 1470. The monoisotopic (exact) mass is 525 g/mol. The molecule has 1 aromatic heterocycles. The molecule has 2 amide bonds. The van der Waals surface area contributed by atoms with Gasteiger partial charge in [0.05, 0.1) is 11.2 Å². The molecule has 0 radical (unpaired) electrons.